The first-order valence-corrected chi connectivity index (χ1v) is 5.34. The van der Waals surface area contributed by atoms with Gasteiger partial charge in [-0.2, -0.15) is 0 Å². The number of hydrogen-bond acceptors (Lipinski definition) is 4. The molecule has 1 aromatic carbocycles. The zero-order valence-electron chi connectivity index (χ0n) is 9.24. The maximum Gasteiger partial charge on any atom is 0.337 e. The summed E-state index contributed by atoms with van der Waals surface area (Å²) in [5.41, 5.74) is 0.524. The molecule has 1 aliphatic heterocycles. The summed E-state index contributed by atoms with van der Waals surface area (Å²) in [6, 6.07) is 6.54. The van der Waals surface area contributed by atoms with Crippen molar-refractivity contribution in [3.05, 3.63) is 29.8 Å². The zero-order valence-corrected chi connectivity index (χ0v) is 9.24. The van der Waals surface area contributed by atoms with Gasteiger partial charge in [-0.25, -0.2) is 4.79 Å². The standard InChI is InChI=1S/C11H13N3O3/c15-11(16)9-3-1-2-4-10(9)12-13-14-5-7-17-8-6-14/h1-4H,5-8H2,(H,15,16). The van der Waals surface area contributed by atoms with Gasteiger partial charge in [-0.05, 0) is 12.1 Å². The number of carboxylic acids is 1. The molecule has 0 unspecified atom stereocenters. The molecule has 1 fully saturated rings. The Morgan fingerprint density at radius 1 is 1.29 bits per heavy atom. The molecule has 1 N–H and O–H groups in total. The predicted octanol–water partition coefficient (Wildman–Crippen LogP) is 1.72. The van der Waals surface area contributed by atoms with Crippen LogP contribution < -0.4 is 0 Å². The minimum absolute atomic E-state index is 0.157. The highest BCUT2D eigenvalue weighted by Gasteiger charge is 2.10. The number of carboxylic acid groups (broad SMARTS) is 1. The summed E-state index contributed by atoms with van der Waals surface area (Å²) in [7, 11) is 0. The van der Waals surface area contributed by atoms with Gasteiger partial charge in [0.15, 0.2) is 0 Å². The topological polar surface area (TPSA) is 74.5 Å². The zero-order chi connectivity index (χ0) is 12.1. The highest BCUT2D eigenvalue weighted by molar-refractivity contribution is 5.93. The summed E-state index contributed by atoms with van der Waals surface area (Å²) in [5, 5.41) is 18.7. The van der Waals surface area contributed by atoms with E-state index in [4.69, 9.17) is 9.84 Å². The number of ether oxygens (including phenoxy) is 1. The van der Waals surface area contributed by atoms with Gasteiger partial charge in [0, 0.05) is 0 Å². The molecule has 17 heavy (non-hydrogen) atoms. The molecule has 0 spiro atoms. The molecular weight excluding hydrogens is 222 g/mol. The molecule has 0 radical (unpaired) electrons. The number of morpholine rings is 1. The van der Waals surface area contributed by atoms with E-state index in [0.717, 1.165) is 0 Å². The van der Waals surface area contributed by atoms with Gasteiger partial charge in [0.2, 0.25) is 0 Å². The lowest BCUT2D eigenvalue weighted by Crippen LogP contribution is -2.31. The molecule has 0 aromatic heterocycles. The molecule has 2 rings (SSSR count). The molecule has 90 valence electrons. The summed E-state index contributed by atoms with van der Waals surface area (Å²) < 4.78 is 5.18. The van der Waals surface area contributed by atoms with Crippen molar-refractivity contribution in [2.45, 2.75) is 0 Å². The molecule has 0 atom stereocenters. The van der Waals surface area contributed by atoms with Gasteiger partial charge >= 0.3 is 5.97 Å². The van der Waals surface area contributed by atoms with Crippen LogP contribution >= 0.6 is 0 Å². The lowest BCUT2D eigenvalue weighted by Gasteiger charge is -2.22. The van der Waals surface area contributed by atoms with Crippen LogP contribution in [-0.4, -0.2) is 42.4 Å². The highest BCUT2D eigenvalue weighted by Crippen LogP contribution is 2.19. The number of carbonyl (C=O) groups is 1. The second kappa shape index (κ2) is 5.40. The fourth-order valence-electron chi connectivity index (χ4n) is 1.50. The van der Waals surface area contributed by atoms with Crippen molar-refractivity contribution in [1.29, 1.82) is 0 Å². The fourth-order valence-corrected chi connectivity index (χ4v) is 1.50. The van der Waals surface area contributed by atoms with E-state index >= 15 is 0 Å². The minimum Gasteiger partial charge on any atom is -0.478 e. The summed E-state index contributed by atoms with van der Waals surface area (Å²) in [6.07, 6.45) is 0. The van der Waals surface area contributed by atoms with Gasteiger partial charge in [0.05, 0.1) is 31.9 Å². The summed E-state index contributed by atoms with van der Waals surface area (Å²) in [5.74, 6) is -0.999. The maximum absolute atomic E-state index is 10.9. The van der Waals surface area contributed by atoms with E-state index in [1.807, 2.05) is 0 Å². The van der Waals surface area contributed by atoms with Gasteiger partial charge in [-0.3, -0.25) is 5.01 Å². The number of nitrogens with zero attached hydrogens (tertiary/aromatic N) is 3. The third-order valence-electron chi connectivity index (χ3n) is 2.40. The second-order valence-corrected chi connectivity index (χ2v) is 3.58. The molecule has 0 amide bonds. The van der Waals surface area contributed by atoms with E-state index < -0.39 is 5.97 Å². The molecule has 6 heteroatoms. The largest absolute Gasteiger partial charge is 0.478 e. The number of hydrogen-bond donors (Lipinski definition) is 1. The molecule has 0 bridgehead atoms. The normalized spacial score (nSPS) is 16.4. The lowest BCUT2D eigenvalue weighted by atomic mass is 10.2. The summed E-state index contributed by atoms with van der Waals surface area (Å²) in [4.78, 5) is 10.9. The van der Waals surface area contributed by atoms with Gasteiger partial charge in [-0.15, -0.1) is 5.11 Å². The first-order valence-electron chi connectivity index (χ1n) is 5.34. The molecule has 1 saturated heterocycles. The Balaban J connectivity index is 2.11. The van der Waals surface area contributed by atoms with Crippen LogP contribution in [0.5, 0.6) is 0 Å². The van der Waals surface area contributed by atoms with Crippen LogP contribution in [0.25, 0.3) is 0 Å². The molecule has 1 heterocycles. The van der Waals surface area contributed by atoms with Crippen LogP contribution in [0.3, 0.4) is 0 Å². The smallest absolute Gasteiger partial charge is 0.337 e. The van der Waals surface area contributed by atoms with E-state index in [9.17, 15) is 4.79 Å². The van der Waals surface area contributed by atoms with Gasteiger partial charge in [-0.1, -0.05) is 17.4 Å². The van der Waals surface area contributed by atoms with Crippen LogP contribution in [-0.2, 0) is 4.74 Å². The summed E-state index contributed by atoms with van der Waals surface area (Å²) in [6.45, 7) is 2.61. The fraction of sp³-hybridized carbons (Fsp3) is 0.364. The molecule has 1 aromatic rings. The van der Waals surface area contributed by atoms with Crippen molar-refractivity contribution in [2.24, 2.45) is 10.3 Å². The Labute approximate surface area is 98.5 Å². The van der Waals surface area contributed by atoms with E-state index in [1.54, 1.807) is 23.2 Å². The Bertz CT molecular complexity index is 428. The van der Waals surface area contributed by atoms with Crippen molar-refractivity contribution in [2.75, 3.05) is 26.3 Å². The van der Waals surface area contributed by atoms with Gasteiger partial charge in [0.1, 0.15) is 5.69 Å². The lowest BCUT2D eigenvalue weighted by molar-refractivity contribution is 0.0353. The molecule has 0 saturated carbocycles. The van der Waals surface area contributed by atoms with Crippen molar-refractivity contribution in [3.8, 4) is 0 Å². The average molecular weight is 235 g/mol. The molecular formula is C11H13N3O3. The van der Waals surface area contributed by atoms with Crippen LogP contribution in [0.4, 0.5) is 5.69 Å². The third-order valence-corrected chi connectivity index (χ3v) is 2.40. The van der Waals surface area contributed by atoms with Crippen LogP contribution in [0.1, 0.15) is 10.4 Å². The van der Waals surface area contributed by atoms with Crippen LogP contribution in [0.2, 0.25) is 0 Å². The minimum atomic E-state index is -0.999. The van der Waals surface area contributed by atoms with Crippen molar-refractivity contribution in [1.82, 2.24) is 5.01 Å². The van der Waals surface area contributed by atoms with Gasteiger partial charge in [0.25, 0.3) is 0 Å². The molecule has 1 aliphatic rings. The number of aromatic carboxylic acids is 1. The Kier molecular flexibility index (Phi) is 3.66. The quantitative estimate of drug-likeness (QED) is 0.809. The van der Waals surface area contributed by atoms with E-state index in [1.165, 1.54) is 6.07 Å². The number of rotatable bonds is 3. The van der Waals surface area contributed by atoms with E-state index in [2.05, 4.69) is 10.3 Å². The van der Waals surface area contributed by atoms with E-state index in [-0.39, 0.29) is 5.56 Å². The first kappa shape index (κ1) is 11.5. The average Bonchev–Trinajstić information content (AvgIpc) is 2.38. The Morgan fingerprint density at radius 2 is 2.00 bits per heavy atom. The molecule has 0 aliphatic carbocycles. The Hall–Kier alpha value is -1.95. The summed E-state index contributed by atoms with van der Waals surface area (Å²) >= 11 is 0. The van der Waals surface area contributed by atoms with Crippen molar-refractivity contribution >= 4 is 11.7 Å². The van der Waals surface area contributed by atoms with Crippen LogP contribution in [0.15, 0.2) is 34.6 Å². The Morgan fingerprint density at radius 3 is 2.71 bits per heavy atom. The number of benzene rings is 1. The maximum atomic E-state index is 10.9. The molecule has 6 nitrogen and oxygen atoms in total. The van der Waals surface area contributed by atoms with Crippen molar-refractivity contribution in [3.63, 3.8) is 0 Å². The second-order valence-electron chi connectivity index (χ2n) is 3.58. The SMILES string of the molecule is O=C(O)c1ccccc1N=NN1CCOCC1. The van der Waals surface area contributed by atoms with Crippen LogP contribution in [0, 0.1) is 0 Å². The highest BCUT2D eigenvalue weighted by atomic mass is 16.5. The van der Waals surface area contributed by atoms with Gasteiger partial charge < -0.3 is 9.84 Å². The third kappa shape index (κ3) is 3.01. The first-order chi connectivity index (χ1) is 8.27. The van der Waals surface area contributed by atoms with Crippen molar-refractivity contribution < 1.29 is 14.6 Å². The monoisotopic (exact) mass is 235 g/mol. The van der Waals surface area contributed by atoms with E-state index in [0.29, 0.717) is 32.0 Å². The predicted molar refractivity (Wildman–Crippen MR) is 60.3 cm³/mol.